The molecule has 1 atom stereocenters. The summed E-state index contributed by atoms with van der Waals surface area (Å²) in [6.07, 6.45) is 1.45. The maximum atomic E-state index is 11.6. The molecule has 0 saturated heterocycles. The Balaban J connectivity index is 2.29. The number of nitrogens with one attached hydrogen (secondary N) is 2. The average Bonchev–Trinajstić information content (AvgIpc) is 2.36. The van der Waals surface area contributed by atoms with E-state index < -0.39 is 0 Å². The van der Waals surface area contributed by atoms with Crippen molar-refractivity contribution in [2.75, 3.05) is 26.7 Å². The van der Waals surface area contributed by atoms with Crippen LogP contribution in [-0.2, 0) is 4.79 Å². The van der Waals surface area contributed by atoms with Gasteiger partial charge in [-0.1, -0.05) is 30.1 Å². The van der Waals surface area contributed by atoms with E-state index in [2.05, 4.69) is 15.6 Å². The van der Waals surface area contributed by atoms with Crippen LogP contribution in [0.4, 0.5) is 0 Å². The molecule has 7 heteroatoms. The summed E-state index contributed by atoms with van der Waals surface area (Å²) in [4.78, 5) is 15.5. The molecule has 2 N–H and O–H groups in total. The van der Waals surface area contributed by atoms with Gasteiger partial charge in [-0.3, -0.25) is 4.79 Å². The Morgan fingerprint density at radius 3 is 2.89 bits per heavy atom. The van der Waals surface area contributed by atoms with E-state index in [0.717, 1.165) is 0 Å². The van der Waals surface area contributed by atoms with E-state index in [4.69, 9.17) is 27.9 Å². The zero-order valence-corrected chi connectivity index (χ0v) is 12.4. The van der Waals surface area contributed by atoms with Gasteiger partial charge in [-0.15, -0.1) is 0 Å². The summed E-state index contributed by atoms with van der Waals surface area (Å²) in [7, 11) is 1.81. The molecule has 0 aliphatic rings. The molecule has 19 heavy (non-hydrogen) atoms. The fourth-order valence-electron chi connectivity index (χ4n) is 1.40. The predicted octanol–water partition coefficient (Wildman–Crippen LogP) is 1.74. The second-order valence-electron chi connectivity index (χ2n) is 4.04. The third-order valence-corrected chi connectivity index (χ3v) is 2.85. The fourth-order valence-corrected chi connectivity index (χ4v) is 1.84. The van der Waals surface area contributed by atoms with E-state index in [0.29, 0.717) is 35.6 Å². The van der Waals surface area contributed by atoms with Crippen LogP contribution in [-0.4, -0.2) is 37.6 Å². The summed E-state index contributed by atoms with van der Waals surface area (Å²) >= 11 is 11.6. The van der Waals surface area contributed by atoms with Crippen LogP contribution in [0.5, 0.6) is 5.88 Å². The summed E-state index contributed by atoms with van der Waals surface area (Å²) in [6.45, 7) is 3.18. The topological polar surface area (TPSA) is 63.2 Å². The number of nitrogens with zero attached hydrogens (tertiary/aromatic N) is 1. The number of halogens is 2. The van der Waals surface area contributed by atoms with Gasteiger partial charge in [0.05, 0.1) is 11.6 Å². The first kappa shape index (κ1) is 16.0. The number of aromatic nitrogens is 1. The molecular weight excluding hydrogens is 289 g/mol. The van der Waals surface area contributed by atoms with Crippen LogP contribution in [0.15, 0.2) is 12.3 Å². The molecule has 0 bridgehead atoms. The SMILES string of the molecule is CNCC(C)C(=O)NCCOc1ncc(Cl)cc1Cl. The second kappa shape index (κ2) is 8.19. The van der Waals surface area contributed by atoms with Crippen molar-refractivity contribution in [2.45, 2.75) is 6.92 Å². The minimum Gasteiger partial charge on any atom is -0.475 e. The van der Waals surface area contributed by atoms with E-state index in [1.54, 1.807) is 13.1 Å². The normalized spacial score (nSPS) is 12.0. The molecule has 1 aromatic rings. The third kappa shape index (κ3) is 5.63. The largest absolute Gasteiger partial charge is 0.475 e. The van der Waals surface area contributed by atoms with Crippen LogP contribution in [0.2, 0.25) is 10.0 Å². The van der Waals surface area contributed by atoms with Crippen molar-refractivity contribution in [3.63, 3.8) is 0 Å². The van der Waals surface area contributed by atoms with Crippen molar-refractivity contribution in [3.05, 3.63) is 22.3 Å². The minimum atomic E-state index is -0.0813. The lowest BCUT2D eigenvalue weighted by Gasteiger charge is -2.12. The molecule has 1 aromatic heterocycles. The van der Waals surface area contributed by atoms with Gasteiger partial charge in [0.15, 0.2) is 0 Å². The molecule has 0 aliphatic carbocycles. The Morgan fingerprint density at radius 1 is 1.53 bits per heavy atom. The number of hydrogen-bond acceptors (Lipinski definition) is 4. The Hall–Kier alpha value is -1.04. The van der Waals surface area contributed by atoms with Gasteiger partial charge in [-0.25, -0.2) is 4.98 Å². The molecule has 0 aliphatic heterocycles. The number of carbonyl (C=O) groups excluding carboxylic acids is 1. The number of hydrogen-bond donors (Lipinski definition) is 2. The van der Waals surface area contributed by atoms with Crippen molar-refractivity contribution in [1.82, 2.24) is 15.6 Å². The predicted molar refractivity (Wildman–Crippen MR) is 75.9 cm³/mol. The summed E-state index contributed by atoms with van der Waals surface area (Å²) in [5, 5.41) is 6.51. The molecule has 1 rings (SSSR count). The van der Waals surface area contributed by atoms with Crippen molar-refractivity contribution in [2.24, 2.45) is 5.92 Å². The highest BCUT2D eigenvalue weighted by Gasteiger charge is 2.11. The fraction of sp³-hybridized carbons (Fsp3) is 0.500. The first-order valence-corrected chi connectivity index (χ1v) is 6.66. The van der Waals surface area contributed by atoms with Crippen molar-refractivity contribution >= 4 is 29.1 Å². The number of amides is 1. The molecular formula is C12H17Cl2N3O2. The molecule has 1 heterocycles. The maximum Gasteiger partial charge on any atom is 0.232 e. The molecule has 0 spiro atoms. The maximum absolute atomic E-state index is 11.6. The lowest BCUT2D eigenvalue weighted by atomic mass is 10.1. The van der Waals surface area contributed by atoms with Crippen LogP contribution in [0.1, 0.15) is 6.92 Å². The number of rotatable bonds is 7. The van der Waals surface area contributed by atoms with E-state index in [9.17, 15) is 4.79 Å². The van der Waals surface area contributed by atoms with Crippen molar-refractivity contribution in [3.8, 4) is 5.88 Å². The monoisotopic (exact) mass is 305 g/mol. The summed E-state index contributed by atoms with van der Waals surface area (Å²) in [6, 6.07) is 1.55. The van der Waals surface area contributed by atoms with Gasteiger partial charge >= 0.3 is 0 Å². The quantitative estimate of drug-likeness (QED) is 0.753. The highest BCUT2D eigenvalue weighted by atomic mass is 35.5. The van der Waals surface area contributed by atoms with E-state index in [-0.39, 0.29) is 11.8 Å². The van der Waals surface area contributed by atoms with Gasteiger partial charge < -0.3 is 15.4 Å². The Kier molecular flexibility index (Phi) is 6.91. The Bertz CT molecular complexity index is 429. The summed E-state index contributed by atoms with van der Waals surface area (Å²) in [5.41, 5.74) is 0. The van der Waals surface area contributed by atoms with Crippen LogP contribution in [0.3, 0.4) is 0 Å². The van der Waals surface area contributed by atoms with Crippen LogP contribution in [0.25, 0.3) is 0 Å². The van der Waals surface area contributed by atoms with Gasteiger partial charge in [0, 0.05) is 18.7 Å². The molecule has 0 fully saturated rings. The highest BCUT2D eigenvalue weighted by molar-refractivity contribution is 6.35. The van der Waals surface area contributed by atoms with Crippen LogP contribution < -0.4 is 15.4 Å². The van der Waals surface area contributed by atoms with E-state index in [1.807, 2.05) is 6.92 Å². The molecule has 1 unspecified atom stereocenters. The Morgan fingerprint density at radius 2 is 2.26 bits per heavy atom. The standard InChI is InChI=1S/C12H17Cl2N3O2/c1-8(6-15-2)11(18)16-3-4-19-12-10(14)5-9(13)7-17-12/h5,7-8,15H,3-4,6H2,1-2H3,(H,16,18). The van der Waals surface area contributed by atoms with Crippen LogP contribution in [0, 0.1) is 5.92 Å². The Labute approximate surface area is 122 Å². The van der Waals surface area contributed by atoms with Gasteiger partial charge in [-0.2, -0.15) is 0 Å². The number of pyridine rings is 1. The minimum absolute atomic E-state index is 0.0203. The molecule has 1 amide bonds. The lowest BCUT2D eigenvalue weighted by Crippen LogP contribution is -2.36. The highest BCUT2D eigenvalue weighted by Crippen LogP contribution is 2.24. The van der Waals surface area contributed by atoms with Crippen molar-refractivity contribution in [1.29, 1.82) is 0 Å². The van der Waals surface area contributed by atoms with Crippen molar-refractivity contribution < 1.29 is 9.53 Å². The third-order valence-electron chi connectivity index (χ3n) is 2.37. The van der Waals surface area contributed by atoms with Gasteiger partial charge in [0.2, 0.25) is 11.8 Å². The first-order valence-electron chi connectivity index (χ1n) is 5.90. The smallest absolute Gasteiger partial charge is 0.232 e. The average molecular weight is 306 g/mol. The second-order valence-corrected chi connectivity index (χ2v) is 4.88. The molecule has 0 radical (unpaired) electrons. The van der Waals surface area contributed by atoms with Gasteiger partial charge in [-0.05, 0) is 13.1 Å². The molecule has 0 aromatic carbocycles. The van der Waals surface area contributed by atoms with E-state index in [1.165, 1.54) is 6.20 Å². The zero-order chi connectivity index (χ0) is 14.3. The number of carbonyl (C=O) groups is 1. The first-order chi connectivity index (χ1) is 9.04. The van der Waals surface area contributed by atoms with E-state index >= 15 is 0 Å². The molecule has 0 saturated carbocycles. The summed E-state index contributed by atoms with van der Waals surface area (Å²) < 4.78 is 5.35. The van der Waals surface area contributed by atoms with Crippen LogP contribution >= 0.6 is 23.2 Å². The molecule has 5 nitrogen and oxygen atoms in total. The van der Waals surface area contributed by atoms with Gasteiger partial charge in [0.1, 0.15) is 11.6 Å². The lowest BCUT2D eigenvalue weighted by molar-refractivity contribution is -0.124. The number of ether oxygens (including phenoxy) is 1. The van der Waals surface area contributed by atoms with Gasteiger partial charge in [0.25, 0.3) is 0 Å². The summed E-state index contributed by atoms with van der Waals surface area (Å²) in [5.74, 6) is 0.207. The molecule has 106 valence electrons. The zero-order valence-electron chi connectivity index (χ0n) is 10.9.